The van der Waals surface area contributed by atoms with Crippen LogP contribution >= 0.6 is 11.6 Å². The van der Waals surface area contributed by atoms with E-state index in [0.29, 0.717) is 18.0 Å². The summed E-state index contributed by atoms with van der Waals surface area (Å²) >= 11 is 6.02. The number of hydrogen-bond donors (Lipinski definition) is 2. The molecule has 0 aliphatic carbocycles. The molecular weight excluding hydrogens is 318 g/mol. The smallest absolute Gasteiger partial charge is 0.407 e. The Bertz CT molecular complexity index is 688. The first kappa shape index (κ1) is 16.8. The summed E-state index contributed by atoms with van der Waals surface area (Å²) < 4.78 is 5.09. The Kier molecular flexibility index (Phi) is 6.00. The van der Waals surface area contributed by atoms with E-state index in [2.05, 4.69) is 5.32 Å². The van der Waals surface area contributed by atoms with E-state index in [4.69, 9.17) is 21.4 Å². The van der Waals surface area contributed by atoms with E-state index in [1.54, 1.807) is 6.07 Å². The highest BCUT2D eigenvalue weighted by atomic mass is 35.5. The summed E-state index contributed by atoms with van der Waals surface area (Å²) in [5, 5.41) is 11.9. The van der Waals surface area contributed by atoms with Crippen molar-refractivity contribution in [1.29, 1.82) is 0 Å². The van der Waals surface area contributed by atoms with E-state index >= 15 is 0 Å². The number of alkyl carbamates (subject to hydrolysis) is 1. The third-order valence-corrected chi connectivity index (χ3v) is 3.53. The fraction of sp³-hybridized carbons (Fsp3) is 0.176. The quantitative estimate of drug-likeness (QED) is 0.848. The molecule has 0 unspecified atom stereocenters. The van der Waals surface area contributed by atoms with Crippen molar-refractivity contribution in [3.05, 3.63) is 70.2 Å². The van der Waals surface area contributed by atoms with E-state index in [1.165, 1.54) is 12.1 Å². The monoisotopic (exact) mass is 333 g/mol. The SMILES string of the molecule is O=C(NCCc1ccc(C(=O)O)cc1Cl)OCc1ccccc1. The number of hydrogen-bond acceptors (Lipinski definition) is 3. The molecule has 2 N–H and O–H groups in total. The lowest BCUT2D eigenvalue weighted by Gasteiger charge is -2.08. The number of carboxylic acid groups (broad SMARTS) is 1. The maximum atomic E-state index is 11.6. The molecular formula is C17H16ClNO4. The summed E-state index contributed by atoms with van der Waals surface area (Å²) in [6, 6.07) is 13.9. The normalized spacial score (nSPS) is 10.1. The minimum absolute atomic E-state index is 0.133. The lowest BCUT2D eigenvalue weighted by molar-refractivity contribution is 0.0697. The lowest BCUT2D eigenvalue weighted by atomic mass is 10.1. The molecule has 0 spiro atoms. The van der Waals surface area contributed by atoms with Gasteiger partial charge in [-0.3, -0.25) is 0 Å². The van der Waals surface area contributed by atoms with Crippen LogP contribution in [0.15, 0.2) is 48.5 Å². The van der Waals surface area contributed by atoms with Gasteiger partial charge in [-0.05, 0) is 29.7 Å². The number of rotatable bonds is 6. The topological polar surface area (TPSA) is 75.6 Å². The molecule has 0 atom stereocenters. The minimum Gasteiger partial charge on any atom is -0.478 e. The van der Waals surface area contributed by atoms with E-state index in [1.807, 2.05) is 30.3 Å². The van der Waals surface area contributed by atoms with Crippen LogP contribution in [0.2, 0.25) is 5.02 Å². The molecule has 6 heteroatoms. The van der Waals surface area contributed by atoms with Crippen molar-refractivity contribution in [2.45, 2.75) is 13.0 Å². The van der Waals surface area contributed by atoms with Crippen LogP contribution in [0.1, 0.15) is 21.5 Å². The Balaban J connectivity index is 1.76. The van der Waals surface area contributed by atoms with E-state index < -0.39 is 12.1 Å². The number of ether oxygens (including phenoxy) is 1. The molecule has 0 aromatic heterocycles. The first-order valence-electron chi connectivity index (χ1n) is 7.02. The van der Waals surface area contributed by atoms with Gasteiger partial charge in [0.15, 0.2) is 0 Å². The number of amides is 1. The van der Waals surface area contributed by atoms with Gasteiger partial charge in [0.2, 0.25) is 0 Å². The van der Waals surface area contributed by atoms with Crippen molar-refractivity contribution in [3.8, 4) is 0 Å². The van der Waals surface area contributed by atoms with Gasteiger partial charge >= 0.3 is 12.1 Å². The zero-order chi connectivity index (χ0) is 16.7. The van der Waals surface area contributed by atoms with Crippen molar-refractivity contribution in [1.82, 2.24) is 5.32 Å². The van der Waals surface area contributed by atoms with Gasteiger partial charge in [-0.15, -0.1) is 0 Å². The molecule has 0 radical (unpaired) electrons. The Morgan fingerprint density at radius 2 is 1.87 bits per heavy atom. The van der Waals surface area contributed by atoms with Crippen molar-refractivity contribution in [2.24, 2.45) is 0 Å². The highest BCUT2D eigenvalue weighted by Gasteiger charge is 2.08. The number of aromatic carboxylic acids is 1. The fourth-order valence-electron chi connectivity index (χ4n) is 1.96. The molecule has 0 heterocycles. The minimum atomic E-state index is -1.03. The second-order valence-corrected chi connectivity index (χ2v) is 5.26. The average Bonchev–Trinajstić information content (AvgIpc) is 2.55. The largest absolute Gasteiger partial charge is 0.478 e. The van der Waals surface area contributed by atoms with Gasteiger partial charge in [0.1, 0.15) is 6.61 Å². The number of benzene rings is 2. The van der Waals surface area contributed by atoms with Gasteiger partial charge in [-0.25, -0.2) is 9.59 Å². The molecule has 0 saturated carbocycles. The lowest BCUT2D eigenvalue weighted by Crippen LogP contribution is -2.26. The fourth-order valence-corrected chi connectivity index (χ4v) is 2.23. The molecule has 0 aliphatic heterocycles. The molecule has 0 saturated heterocycles. The Morgan fingerprint density at radius 3 is 2.52 bits per heavy atom. The summed E-state index contributed by atoms with van der Waals surface area (Å²) in [5.74, 6) is -1.03. The summed E-state index contributed by atoms with van der Waals surface area (Å²) in [5.41, 5.74) is 1.81. The van der Waals surface area contributed by atoms with Gasteiger partial charge in [0, 0.05) is 11.6 Å². The summed E-state index contributed by atoms with van der Waals surface area (Å²) in [6.45, 7) is 0.556. The number of carboxylic acids is 1. The van der Waals surface area contributed by atoms with Gasteiger partial charge in [0.25, 0.3) is 0 Å². The van der Waals surface area contributed by atoms with E-state index in [9.17, 15) is 9.59 Å². The van der Waals surface area contributed by atoms with Crippen LogP contribution in [0.25, 0.3) is 0 Å². The number of halogens is 1. The summed E-state index contributed by atoms with van der Waals surface area (Å²) in [4.78, 5) is 22.4. The Labute approximate surface area is 138 Å². The van der Waals surface area contributed by atoms with Gasteiger partial charge in [-0.2, -0.15) is 0 Å². The molecule has 2 rings (SSSR count). The molecule has 0 bridgehead atoms. The van der Waals surface area contributed by atoms with Crippen LogP contribution in [0.4, 0.5) is 4.79 Å². The molecule has 5 nitrogen and oxygen atoms in total. The number of nitrogens with one attached hydrogen (secondary N) is 1. The van der Waals surface area contributed by atoms with E-state index in [0.717, 1.165) is 11.1 Å². The highest BCUT2D eigenvalue weighted by Crippen LogP contribution is 2.18. The van der Waals surface area contributed by atoms with Crippen LogP contribution in [-0.4, -0.2) is 23.7 Å². The Morgan fingerprint density at radius 1 is 1.13 bits per heavy atom. The van der Waals surface area contributed by atoms with Crippen molar-refractivity contribution in [3.63, 3.8) is 0 Å². The maximum absolute atomic E-state index is 11.6. The summed E-state index contributed by atoms with van der Waals surface area (Å²) in [6.07, 6.45) is -0.0220. The zero-order valence-corrected chi connectivity index (χ0v) is 13.0. The molecule has 2 aromatic carbocycles. The van der Waals surface area contributed by atoms with E-state index in [-0.39, 0.29) is 12.2 Å². The van der Waals surface area contributed by atoms with Crippen LogP contribution in [0.3, 0.4) is 0 Å². The molecule has 1 amide bonds. The third kappa shape index (κ3) is 5.30. The zero-order valence-electron chi connectivity index (χ0n) is 12.3. The predicted octanol–water partition coefficient (Wildman–Crippen LogP) is 3.51. The van der Waals surface area contributed by atoms with Gasteiger partial charge in [0.05, 0.1) is 5.56 Å². The molecule has 0 fully saturated rings. The molecule has 23 heavy (non-hydrogen) atoms. The standard InChI is InChI=1S/C17H16ClNO4/c18-15-10-14(16(20)21)7-6-13(15)8-9-19-17(22)23-11-12-4-2-1-3-5-12/h1-7,10H,8-9,11H2,(H,19,22)(H,20,21). The number of carbonyl (C=O) groups excluding carboxylic acids is 1. The second-order valence-electron chi connectivity index (χ2n) is 4.85. The first-order chi connectivity index (χ1) is 11.1. The van der Waals surface area contributed by atoms with Crippen molar-refractivity contribution < 1.29 is 19.4 Å². The second kappa shape index (κ2) is 8.19. The predicted molar refractivity (Wildman–Crippen MR) is 86.7 cm³/mol. The van der Waals surface area contributed by atoms with Gasteiger partial charge in [-0.1, -0.05) is 48.0 Å². The highest BCUT2D eigenvalue weighted by molar-refractivity contribution is 6.31. The third-order valence-electron chi connectivity index (χ3n) is 3.18. The van der Waals surface area contributed by atoms with Crippen molar-refractivity contribution in [2.75, 3.05) is 6.54 Å². The Hall–Kier alpha value is -2.53. The molecule has 2 aromatic rings. The molecule has 120 valence electrons. The van der Waals surface area contributed by atoms with Crippen molar-refractivity contribution >= 4 is 23.7 Å². The summed E-state index contributed by atoms with van der Waals surface area (Å²) in [7, 11) is 0. The number of carbonyl (C=O) groups is 2. The first-order valence-corrected chi connectivity index (χ1v) is 7.40. The van der Waals surface area contributed by atoms with Crippen LogP contribution < -0.4 is 5.32 Å². The van der Waals surface area contributed by atoms with Crippen LogP contribution in [-0.2, 0) is 17.8 Å². The average molecular weight is 334 g/mol. The van der Waals surface area contributed by atoms with Gasteiger partial charge < -0.3 is 15.2 Å². The maximum Gasteiger partial charge on any atom is 0.407 e. The van der Waals surface area contributed by atoms with Crippen LogP contribution in [0, 0.1) is 0 Å². The molecule has 0 aliphatic rings. The van der Waals surface area contributed by atoms with Crippen LogP contribution in [0.5, 0.6) is 0 Å².